The summed E-state index contributed by atoms with van der Waals surface area (Å²) in [5, 5.41) is 6.18. The van der Waals surface area contributed by atoms with Gasteiger partial charge in [0, 0.05) is 54.3 Å². The molecule has 0 aliphatic heterocycles. The number of carbonyl (C=O) groups is 1. The van der Waals surface area contributed by atoms with Crippen molar-refractivity contribution < 1.29 is 4.79 Å². The van der Waals surface area contributed by atoms with Crippen LogP contribution >= 0.6 is 0 Å². The first-order valence-corrected chi connectivity index (χ1v) is 12.4. The average molecular weight is 513 g/mol. The van der Waals surface area contributed by atoms with Gasteiger partial charge in [0.25, 0.3) is 5.56 Å². The van der Waals surface area contributed by atoms with Crippen molar-refractivity contribution in [2.75, 3.05) is 10.6 Å². The summed E-state index contributed by atoms with van der Waals surface area (Å²) in [4.78, 5) is 36.3. The lowest BCUT2D eigenvalue weighted by molar-refractivity contribution is 0.262. The van der Waals surface area contributed by atoms with Crippen LogP contribution in [0.5, 0.6) is 0 Å². The number of pyridine rings is 3. The van der Waals surface area contributed by atoms with Crippen molar-refractivity contribution >= 4 is 28.3 Å². The number of aromatic amines is 1. The topological polar surface area (TPSA) is 105 Å². The highest BCUT2D eigenvalue weighted by Gasteiger charge is 2.13. The maximum atomic E-state index is 12.4. The quantitative estimate of drug-likeness (QED) is 0.249. The van der Waals surface area contributed by atoms with Crippen molar-refractivity contribution in [2.45, 2.75) is 6.54 Å². The van der Waals surface area contributed by atoms with Crippen LogP contribution < -0.4 is 16.2 Å². The van der Waals surface area contributed by atoms with Gasteiger partial charge >= 0.3 is 6.03 Å². The number of amides is 2. The van der Waals surface area contributed by atoms with Gasteiger partial charge in [0.1, 0.15) is 0 Å². The Balaban J connectivity index is 1.22. The van der Waals surface area contributed by atoms with E-state index in [1.165, 1.54) is 0 Å². The number of hydrogen-bond acceptors (Lipinski definition) is 4. The Morgan fingerprint density at radius 3 is 2.41 bits per heavy atom. The van der Waals surface area contributed by atoms with Crippen LogP contribution in [0.25, 0.3) is 33.3 Å². The number of benzene rings is 2. The summed E-state index contributed by atoms with van der Waals surface area (Å²) in [6.45, 7) is 0.639. The number of rotatable bonds is 6. The van der Waals surface area contributed by atoms with E-state index in [0.29, 0.717) is 28.8 Å². The molecule has 0 aliphatic carbocycles. The summed E-state index contributed by atoms with van der Waals surface area (Å²) in [6.07, 6.45) is 8.67. The average Bonchev–Trinajstić information content (AvgIpc) is 3.40. The fourth-order valence-electron chi connectivity index (χ4n) is 4.49. The molecule has 0 saturated heterocycles. The van der Waals surface area contributed by atoms with Crippen LogP contribution in [0.15, 0.2) is 121 Å². The van der Waals surface area contributed by atoms with Crippen LogP contribution in [0.4, 0.5) is 16.2 Å². The normalized spacial score (nSPS) is 10.9. The Kier molecular flexibility index (Phi) is 6.41. The molecular weight excluding hydrogens is 488 g/mol. The summed E-state index contributed by atoms with van der Waals surface area (Å²) in [7, 11) is 0. The first kappa shape index (κ1) is 23.9. The van der Waals surface area contributed by atoms with Crippen molar-refractivity contribution in [1.29, 1.82) is 0 Å². The van der Waals surface area contributed by atoms with E-state index in [1.54, 1.807) is 30.7 Å². The molecule has 6 aromatic rings. The molecule has 39 heavy (non-hydrogen) atoms. The molecule has 0 fully saturated rings. The predicted molar refractivity (Wildman–Crippen MR) is 154 cm³/mol. The lowest BCUT2D eigenvalue weighted by Gasteiger charge is -2.12. The number of anilines is 2. The highest BCUT2D eigenvalue weighted by atomic mass is 16.2. The van der Waals surface area contributed by atoms with Crippen molar-refractivity contribution in [3.05, 3.63) is 132 Å². The molecule has 0 spiro atoms. The van der Waals surface area contributed by atoms with Gasteiger partial charge in [-0.2, -0.15) is 0 Å². The molecule has 0 radical (unpaired) electrons. The molecule has 6 rings (SSSR count). The maximum absolute atomic E-state index is 12.4. The number of urea groups is 1. The fraction of sp³-hybridized carbons (Fsp3) is 0.0323. The van der Waals surface area contributed by atoms with Crippen LogP contribution in [-0.4, -0.2) is 25.6 Å². The van der Waals surface area contributed by atoms with Gasteiger partial charge in [-0.05, 0) is 41.5 Å². The number of fused-ring (bicyclic) bond motifs is 1. The number of aromatic nitrogens is 4. The number of nitrogens with one attached hydrogen (secondary N) is 3. The van der Waals surface area contributed by atoms with E-state index in [0.717, 1.165) is 27.9 Å². The van der Waals surface area contributed by atoms with Gasteiger partial charge in [0.2, 0.25) is 0 Å². The molecule has 0 aliphatic rings. The molecule has 0 saturated carbocycles. The third-order valence-electron chi connectivity index (χ3n) is 6.38. The monoisotopic (exact) mass is 512 g/mol. The summed E-state index contributed by atoms with van der Waals surface area (Å²) in [5.41, 5.74) is 6.63. The van der Waals surface area contributed by atoms with E-state index >= 15 is 0 Å². The highest BCUT2D eigenvalue weighted by Crippen LogP contribution is 2.32. The number of carbonyl (C=O) groups excluding carboxylic acids is 1. The Morgan fingerprint density at radius 1 is 0.846 bits per heavy atom. The minimum Gasteiger partial charge on any atom is -0.348 e. The lowest BCUT2D eigenvalue weighted by atomic mass is 9.97. The summed E-state index contributed by atoms with van der Waals surface area (Å²) < 4.78 is 2.01. The Labute approximate surface area is 224 Å². The van der Waals surface area contributed by atoms with Gasteiger partial charge in [0.05, 0.1) is 22.3 Å². The third-order valence-corrected chi connectivity index (χ3v) is 6.38. The molecule has 0 bridgehead atoms. The zero-order chi connectivity index (χ0) is 26.6. The van der Waals surface area contributed by atoms with Crippen LogP contribution in [0.1, 0.15) is 5.56 Å². The minimum absolute atomic E-state index is 0.158. The number of nitrogens with zero attached hydrogens (tertiary/aromatic N) is 3. The van der Waals surface area contributed by atoms with Crippen molar-refractivity contribution in [1.82, 2.24) is 19.5 Å². The second kappa shape index (κ2) is 10.5. The van der Waals surface area contributed by atoms with E-state index in [2.05, 4.69) is 32.7 Å². The van der Waals surface area contributed by atoms with Gasteiger partial charge in [-0.1, -0.05) is 54.6 Å². The van der Waals surface area contributed by atoms with E-state index in [1.807, 2.05) is 77.6 Å². The molecule has 2 aromatic carbocycles. The molecule has 4 aromatic heterocycles. The Bertz CT molecular complexity index is 1810. The fourth-order valence-corrected chi connectivity index (χ4v) is 4.49. The smallest absolute Gasteiger partial charge is 0.323 e. The van der Waals surface area contributed by atoms with Gasteiger partial charge in [-0.25, -0.2) is 9.78 Å². The van der Waals surface area contributed by atoms with E-state index < -0.39 is 0 Å². The van der Waals surface area contributed by atoms with E-state index in [4.69, 9.17) is 4.98 Å². The predicted octanol–water partition coefficient (Wildman–Crippen LogP) is 6.15. The Hall–Kier alpha value is -5.50. The summed E-state index contributed by atoms with van der Waals surface area (Å²) in [5.74, 6) is 0. The molecule has 3 N–H and O–H groups in total. The van der Waals surface area contributed by atoms with Crippen LogP contribution in [-0.2, 0) is 6.54 Å². The standard InChI is InChI=1S/C31H24N6O2/c38-30-27-18-26(22-4-2-1-3-5-22)29(36-28(27)12-16-33-30)23-8-6-21(7-9-23)19-37-17-13-25(20-37)35-31(39)34-24-10-14-32-15-11-24/h1-18,20H,19H2,(H,33,38)(H2,32,34,35,39). The third kappa shape index (κ3) is 5.30. The van der Waals surface area contributed by atoms with E-state index in [9.17, 15) is 9.59 Å². The number of H-pyrrole nitrogens is 1. The first-order valence-electron chi connectivity index (χ1n) is 12.4. The van der Waals surface area contributed by atoms with Crippen LogP contribution in [0, 0.1) is 0 Å². The number of hydrogen-bond donors (Lipinski definition) is 3. The molecule has 190 valence electrons. The lowest BCUT2D eigenvalue weighted by Crippen LogP contribution is -2.19. The largest absolute Gasteiger partial charge is 0.348 e. The van der Waals surface area contributed by atoms with Gasteiger partial charge in [-0.3, -0.25) is 9.78 Å². The molecule has 4 heterocycles. The molecule has 8 nitrogen and oxygen atoms in total. The summed E-state index contributed by atoms with van der Waals surface area (Å²) >= 11 is 0. The molecule has 0 unspecified atom stereocenters. The van der Waals surface area contributed by atoms with Gasteiger partial charge < -0.3 is 20.2 Å². The second-order valence-corrected chi connectivity index (χ2v) is 9.07. The van der Waals surface area contributed by atoms with E-state index in [-0.39, 0.29) is 11.6 Å². The van der Waals surface area contributed by atoms with Crippen LogP contribution in [0.2, 0.25) is 0 Å². The Morgan fingerprint density at radius 2 is 1.62 bits per heavy atom. The molecule has 2 amide bonds. The minimum atomic E-state index is -0.317. The van der Waals surface area contributed by atoms with Crippen molar-refractivity contribution in [2.24, 2.45) is 0 Å². The van der Waals surface area contributed by atoms with Crippen LogP contribution in [0.3, 0.4) is 0 Å². The van der Waals surface area contributed by atoms with Crippen molar-refractivity contribution in [3.63, 3.8) is 0 Å². The first-order chi connectivity index (χ1) is 19.1. The van der Waals surface area contributed by atoms with Gasteiger partial charge in [-0.15, -0.1) is 0 Å². The molecule has 0 atom stereocenters. The maximum Gasteiger partial charge on any atom is 0.323 e. The zero-order valence-electron chi connectivity index (χ0n) is 20.8. The second-order valence-electron chi connectivity index (χ2n) is 9.07. The molecular formula is C31H24N6O2. The van der Waals surface area contributed by atoms with Crippen molar-refractivity contribution in [3.8, 4) is 22.4 Å². The molecule has 8 heteroatoms. The zero-order valence-corrected chi connectivity index (χ0v) is 20.8. The van der Waals surface area contributed by atoms with Gasteiger partial charge in [0.15, 0.2) is 0 Å². The highest BCUT2D eigenvalue weighted by molar-refractivity contribution is 5.99. The summed E-state index contributed by atoms with van der Waals surface area (Å²) in [6, 6.07) is 26.9. The SMILES string of the molecule is O=C(Nc1ccncc1)Nc1ccn(Cc2ccc(-c3nc4cc[nH]c(=O)c4cc3-c3ccccc3)cc2)c1.